The first-order valence-electron chi connectivity index (χ1n) is 6.86. The molecule has 1 N–H and O–H groups in total. The largest absolute Gasteiger partial charge is 0.508 e. The topological polar surface area (TPSA) is 67.1 Å². The molecule has 0 radical (unpaired) electrons. The molecule has 0 aliphatic carbocycles. The van der Waals surface area contributed by atoms with Crippen molar-refractivity contribution >= 4 is 0 Å². The van der Waals surface area contributed by atoms with Gasteiger partial charge in [-0.1, -0.05) is 19.1 Å². The van der Waals surface area contributed by atoms with Crippen LogP contribution in [-0.2, 0) is 13.1 Å². The minimum Gasteiger partial charge on any atom is -0.508 e. The molecule has 1 aromatic carbocycles. The van der Waals surface area contributed by atoms with Crippen LogP contribution < -0.4 is 0 Å². The van der Waals surface area contributed by atoms with Gasteiger partial charge >= 0.3 is 0 Å². The Kier molecular flexibility index (Phi) is 4.68. The van der Waals surface area contributed by atoms with Gasteiger partial charge in [0.25, 0.3) is 0 Å². The molecule has 0 bridgehead atoms. The van der Waals surface area contributed by atoms with E-state index in [2.05, 4.69) is 34.3 Å². The smallest absolute Gasteiger partial charge is 0.165 e. The Hall–Kier alpha value is -1.95. The van der Waals surface area contributed by atoms with Gasteiger partial charge in [0.2, 0.25) is 0 Å². The van der Waals surface area contributed by atoms with Gasteiger partial charge < -0.3 is 5.11 Å². The molecule has 1 aromatic heterocycles. The number of benzene rings is 1. The van der Waals surface area contributed by atoms with Crippen LogP contribution in [0.3, 0.4) is 0 Å². The highest BCUT2D eigenvalue weighted by Crippen LogP contribution is 2.23. The molecule has 6 heteroatoms. The van der Waals surface area contributed by atoms with E-state index in [4.69, 9.17) is 0 Å². The Morgan fingerprint density at radius 2 is 2.20 bits per heavy atom. The summed E-state index contributed by atoms with van der Waals surface area (Å²) in [5.74, 6) is 1.15. The molecule has 108 valence electrons. The maximum absolute atomic E-state index is 9.56. The van der Waals surface area contributed by atoms with Gasteiger partial charge in [0.15, 0.2) is 5.82 Å². The summed E-state index contributed by atoms with van der Waals surface area (Å²) in [5.41, 5.74) is 1.07. The van der Waals surface area contributed by atoms with Crippen LogP contribution in [-0.4, -0.2) is 37.3 Å². The van der Waals surface area contributed by atoms with Crippen molar-refractivity contribution in [3.8, 4) is 5.75 Å². The number of hydrogen-bond donors (Lipinski definition) is 1. The summed E-state index contributed by atoms with van der Waals surface area (Å²) in [6, 6.07) is 7.51. The van der Waals surface area contributed by atoms with Crippen LogP contribution in [0.5, 0.6) is 5.75 Å². The third kappa shape index (κ3) is 3.33. The third-order valence-corrected chi connectivity index (χ3v) is 3.45. The average molecular weight is 275 g/mol. The van der Waals surface area contributed by atoms with Gasteiger partial charge in [0.05, 0.1) is 6.54 Å². The molecular formula is C14H21N5O. The fourth-order valence-electron chi connectivity index (χ4n) is 2.12. The summed E-state index contributed by atoms with van der Waals surface area (Å²) in [7, 11) is 2.03. The Balaban J connectivity index is 2.07. The van der Waals surface area contributed by atoms with Crippen molar-refractivity contribution in [3.63, 3.8) is 0 Å². The van der Waals surface area contributed by atoms with Crippen molar-refractivity contribution in [2.45, 2.75) is 39.4 Å². The molecular weight excluding hydrogens is 254 g/mol. The van der Waals surface area contributed by atoms with Gasteiger partial charge in [0, 0.05) is 12.6 Å². The van der Waals surface area contributed by atoms with E-state index in [1.54, 1.807) is 12.1 Å². The fraction of sp³-hybridized carbons (Fsp3) is 0.500. The minimum atomic E-state index is 0.175. The number of rotatable bonds is 6. The summed E-state index contributed by atoms with van der Waals surface area (Å²) in [5, 5.41) is 21.4. The molecule has 0 unspecified atom stereocenters. The van der Waals surface area contributed by atoms with E-state index in [0.717, 1.165) is 24.4 Å². The van der Waals surface area contributed by atoms with Gasteiger partial charge in [-0.2, -0.15) is 0 Å². The van der Waals surface area contributed by atoms with Crippen LogP contribution in [0.4, 0.5) is 0 Å². The number of nitrogens with zero attached hydrogens (tertiary/aromatic N) is 5. The molecule has 20 heavy (non-hydrogen) atoms. The van der Waals surface area contributed by atoms with E-state index < -0.39 is 0 Å². The van der Waals surface area contributed by atoms with Crippen molar-refractivity contribution in [1.82, 2.24) is 25.1 Å². The van der Waals surface area contributed by atoms with E-state index in [0.29, 0.717) is 12.3 Å². The summed E-state index contributed by atoms with van der Waals surface area (Å²) in [6.07, 6.45) is 1.00. The van der Waals surface area contributed by atoms with Crippen molar-refractivity contribution in [2.75, 3.05) is 7.05 Å². The van der Waals surface area contributed by atoms with Gasteiger partial charge in [-0.3, -0.25) is 4.90 Å². The lowest BCUT2D eigenvalue weighted by Crippen LogP contribution is -2.24. The van der Waals surface area contributed by atoms with Crippen molar-refractivity contribution in [1.29, 1.82) is 0 Å². The maximum Gasteiger partial charge on any atom is 0.165 e. The monoisotopic (exact) mass is 275 g/mol. The minimum absolute atomic E-state index is 0.175. The number of phenols is 1. The highest BCUT2D eigenvalue weighted by Gasteiger charge is 2.15. The standard InChI is InChI=1S/C14H21N5O/c1-4-8-19-14(15-16-17-19)10-18(3)11(2)12-6-5-7-13(20)9-12/h5-7,9,11,20H,4,8,10H2,1-3H3/t11-/m0/s1. The predicted octanol–water partition coefficient (Wildman–Crippen LogP) is 1.98. The van der Waals surface area contributed by atoms with E-state index in [-0.39, 0.29) is 6.04 Å². The molecule has 2 aromatic rings. The quantitative estimate of drug-likeness (QED) is 0.873. The predicted molar refractivity (Wildman–Crippen MR) is 76.1 cm³/mol. The lowest BCUT2D eigenvalue weighted by Gasteiger charge is -2.24. The van der Waals surface area contributed by atoms with Gasteiger partial charge in [-0.15, -0.1) is 5.10 Å². The lowest BCUT2D eigenvalue weighted by molar-refractivity contribution is 0.241. The third-order valence-electron chi connectivity index (χ3n) is 3.45. The first kappa shape index (κ1) is 14.5. The second-order valence-electron chi connectivity index (χ2n) is 5.00. The fourth-order valence-corrected chi connectivity index (χ4v) is 2.12. The second-order valence-corrected chi connectivity index (χ2v) is 5.00. The molecule has 0 amide bonds. The molecule has 1 heterocycles. The van der Waals surface area contributed by atoms with E-state index in [1.165, 1.54) is 0 Å². The molecule has 6 nitrogen and oxygen atoms in total. The molecule has 0 aliphatic heterocycles. The molecule has 0 saturated carbocycles. The number of aryl methyl sites for hydroxylation is 1. The van der Waals surface area contributed by atoms with Crippen LogP contribution in [0.25, 0.3) is 0 Å². The normalized spacial score (nSPS) is 12.8. The number of aromatic hydroxyl groups is 1. The highest BCUT2D eigenvalue weighted by molar-refractivity contribution is 5.29. The molecule has 0 aliphatic rings. The van der Waals surface area contributed by atoms with Crippen molar-refractivity contribution in [2.24, 2.45) is 0 Å². The summed E-state index contributed by atoms with van der Waals surface area (Å²) in [6.45, 7) is 5.70. The van der Waals surface area contributed by atoms with Gasteiger partial charge in [-0.25, -0.2) is 4.68 Å². The zero-order valence-electron chi connectivity index (χ0n) is 12.2. The molecule has 2 rings (SSSR count). The zero-order chi connectivity index (χ0) is 14.5. The van der Waals surface area contributed by atoms with Crippen LogP contribution in [0.2, 0.25) is 0 Å². The molecule has 0 fully saturated rings. The first-order valence-corrected chi connectivity index (χ1v) is 6.86. The van der Waals surface area contributed by atoms with Crippen molar-refractivity contribution < 1.29 is 5.11 Å². The average Bonchev–Trinajstić information content (AvgIpc) is 2.85. The van der Waals surface area contributed by atoms with Crippen LogP contribution in [0.15, 0.2) is 24.3 Å². The van der Waals surface area contributed by atoms with Crippen molar-refractivity contribution in [3.05, 3.63) is 35.7 Å². The van der Waals surface area contributed by atoms with E-state index in [9.17, 15) is 5.11 Å². The van der Waals surface area contributed by atoms with E-state index >= 15 is 0 Å². The first-order chi connectivity index (χ1) is 9.61. The summed E-state index contributed by atoms with van der Waals surface area (Å²) < 4.78 is 1.84. The molecule has 0 spiro atoms. The van der Waals surface area contributed by atoms with Gasteiger partial charge in [-0.05, 0) is 48.5 Å². The number of aromatic nitrogens is 4. The maximum atomic E-state index is 9.56. The molecule has 0 saturated heterocycles. The highest BCUT2D eigenvalue weighted by atomic mass is 16.3. The van der Waals surface area contributed by atoms with Crippen LogP contribution >= 0.6 is 0 Å². The summed E-state index contributed by atoms with van der Waals surface area (Å²) >= 11 is 0. The Morgan fingerprint density at radius 1 is 1.40 bits per heavy atom. The second kappa shape index (κ2) is 6.47. The number of tetrazole rings is 1. The SMILES string of the molecule is CCCn1nnnc1CN(C)[C@@H](C)c1cccc(O)c1. The lowest BCUT2D eigenvalue weighted by atomic mass is 10.1. The Morgan fingerprint density at radius 3 is 2.90 bits per heavy atom. The Bertz CT molecular complexity index is 554. The van der Waals surface area contributed by atoms with E-state index in [1.807, 2.05) is 23.9 Å². The van der Waals surface area contributed by atoms with Crippen LogP contribution in [0.1, 0.15) is 37.7 Å². The Labute approximate surface area is 119 Å². The summed E-state index contributed by atoms with van der Waals surface area (Å²) in [4.78, 5) is 2.16. The zero-order valence-corrected chi connectivity index (χ0v) is 12.2. The van der Waals surface area contributed by atoms with Gasteiger partial charge in [0.1, 0.15) is 5.75 Å². The van der Waals surface area contributed by atoms with Crippen LogP contribution in [0, 0.1) is 0 Å². The number of phenolic OH excluding ortho intramolecular Hbond substituents is 1. The molecule has 1 atom stereocenters. The number of hydrogen-bond acceptors (Lipinski definition) is 5.